The normalized spacial score (nSPS) is 15.2. The first-order chi connectivity index (χ1) is 12.8. The Labute approximate surface area is 163 Å². The topological polar surface area (TPSA) is 113 Å². The van der Waals surface area contributed by atoms with E-state index in [2.05, 4.69) is 5.32 Å². The van der Waals surface area contributed by atoms with Crippen LogP contribution in [0.4, 0.5) is 4.79 Å². The summed E-state index contributed by atoms with van der Waals surface area (Å²) in [5.74, 6) is -2.53. The van der Waals surface area contributed by atoms with Gasteiger partial charge in [0.05, 0.1) is 11.1 Å². The summed E-state index contributed by atoms with van der Waals surface area (Å²) in [6, 6.07) is 4.88. The van der Waals surface area contributed by atoms with Gasteiger partial charge in [0.1, 0.15) is 11.6 Å². The molecule has 0 aromatic heterocycles. The molecule has 1 heterocycles. The summed E-state index contributed by atoms with van der Waals surface area (Å²) in [6.45, 7) is 8.63. The molecule has 0 fully saturated rings. The highest BCUT2D eigenvalue weighted by molar-refractivity contribution is 6.22. The highest BCUT2D eigenvalue weighted by Crippen LogP contribution is 2.34. The van der Waals surface area contributed by atoms with Crippen LogP contribution in [0.5, 0.6) is 0 Å². The number of hydrogen-bond acceptors (Lipinski definition) is 5. The van der Waals surface area contributed by atoms with Crippen molar-refractivity contribution in [2.24, 2.45) is 5.41 Å². The lowest BCUT2D eigenvalue weighted by molar-refractivity contribution is -0.145. The number of benzene rings is 1. The van der Waals surface area contributed by atoms with Crippen LogP contribution in [-0.4, -0.2) is 52.1 Å². The van der Waals surface area contributed by atoms with E-state index >= 15 is 0 Å². The molecular weight excluding hydrogens is 364 g/mol. The fourth-order valence-electron chi connectivity index (χ4n) is 3.17. The molecule has 0 bridgehead atoms. The van der Waals surface area contributed by atoms with Gasteiger partial charge in [-0.25, -0.2) is 9.59 Å². The third-order valence-electron chi connectivity index (χ3n) is 4.50. The molecule has 0 spiro atoms. The molecule has 0 unspecified atom stereocenters. The summed E-state index contributed by atoms with van der Waals surface area (Å²) >= 11 is 0. The number of ether oxygens (including phenoxy) is 1. The molecule has 3 amide bonds. The van der Waals surface area contributed by atoms with E-state index in [-0.39, 0.29) is 24.1 Å². The number of hydrogen-bond donors (Lipinski definition) is 2. The van der Waals surface area contributed by atoms with Gasteiger partial charge >= 0.3 is 12.1 Å². The first kappa shape index (κ1) is 21.4. The van der Waals surface area contributed by atoms with Crippen LogP contribution in [0, 0.1) is 5.41 Å². The van der Waals surface area contributed by atoms with E-state index in [1.54, 1.807) is 46.8 Å². The number of carboxylic acid groups (broad SMARTS) is 1. The van der Waals surface area contributed by atoms with Crippen molar-refractivity contribution in [2.75, 3.05) is 6.54 Å². The Morgan fingerprint density at radius 2 is 1.57 bits per heavy atom. The Bertz CT molecular complexity index is 774. The first-order valence-electron chi connectivity index (χ1n) is 9.02. The smallest absolute Gasteiger partial charge is 0.407 e. The second-order valence-electron chi connectivity index (χ2n) is 8.43. The van der Waals surface area contributed by atoms with Gasteiger partial charge in [-0.15, -0.1) is 0 Å². The van der Waals surface area contributed by atoms with Crippen LogP contribution in [-0.2, 0) is 9.53 Å². The van der Waals surface area contributed by atoms with Gasteiger partial charge in [0, 0.05) is 6.54 Å². The van der Waals surface area contributed by atoms with Gasteiger partial charge in [-0.05, 0) is 44.7 Å². The number of carboxylic acids is 1. The fourth-order valence-corrected chi connectivity index (χ4v) is 3.17. The summed E-state index contributed by atoms with van der Waals surface area (Å²) in [7, 11) is 0. The van der Waals surface area contributed by atoms with Crippen molar-refractivity contribution in [1.82, 2.24) is 10.2 Å². The van der Waals surface area contributed by atoms with Crippen LogP contribution in [0.2, 0.25) is 0 Å². The zero-order valence-corrected chi connectivity index (χ0v) is 16.7. The van der Waals surface area contributed by atoms with Gasteiger partial charge in [-0.1, -0.05) is 26.0 Å². The molecule has 0 aliphatic carbocycles. The maximum absolute atomic E-state index is 12.7. The quantitative estimate of drug-likeness (QED) is 0.722. The number of carbonyl (C=O) groups is 4. The van der Waals surface area contributed by atoms with Crippen LogP contribution in [0.25, 0.3) is 0 Å². The Hall–Kier alpha value is -2.90. The largest absolute Gasteiger partial charge is 0.480 e. The molecule has 28 heavy (non-hydrogen) atoms. The minimum Gasteiger partial charge on any atom is -0.480 e. The average molecular weight is 390 g/mol. The zero-order chi connectivity index (χ0) is 21.3. The van der Waals surface area contributed by atoms with Crippen molar-refractivity contribution in [3.05, 3.63) is 35.4 Å². The number of aliphatic carboxylic acids is 1. The number of nitrogens with one attached hydrogen (secondary N) is 1. The number of carbonyl (C=O) groups excluding carboxylic acids is 3. The van der Waals surface area contributed by atoms with Crippen molar-refractivity contribution >= 4 is 23.9 Å². The lowest BCUT2D eigenvalue weighted by atomic mass is 9.80. The third-order valence-corrected chi connectivity index (χ3v) is 4.50. The number of rotatable bonds is 6. The molecule has 1 aromatic carbocycles. The van der Waals surface area contributed by atoms with E-state index in [0.29, 0.717) is 0 Å². The van der Waals surface area contributed by atoms with Gasteiger partial charge in [-0.3, -0.25) is 14.5 Å². The minimum atomic E-state index is -1.37. The van der Waals surface area contributed by atoms with Crippen LogP contribution in [0.3, 0.4) is 0 Å². The maximum atomic E-state index is 12.7. The second-order valence-corrected chi connectivity index (χ2v) is 8.43. The Balaban J connectivity index is 2.15. The van der Waals surface area contributed by atoms with E-state index in [0.717, 1.165) is 4.90 Å². The molecule has 1 aliphatic rings. The summed E-state index contributed by atoms with van der Waals surface area (Å²) in [5.41, 5.74) is -1.25. The number of nitrogens with zero attached hydrogens (tertiary/aromatic N) is 1. The number of imide groups is 1. The molecule has 2 N–H and O–H groups in total. The highest BCUT2D eigenvalue weighted by atomic mass is 16.6. The SMILES string of the molecule is CC(C)(C)OC(=O)NCCC(C)(C)[C@H](C(=O)O)N1C(=O)c2ccccc2C1=O. The molecule has 0 saturated heterocycles. The summed E-state index contributed by atoms with van der Waals surface area (Å²) in [5, 5.41) is 12.4. The Morgan fingerprint density at radius 3 is 2.00 bits per heavy atom. The number of fused-ring (bicyclic) bond motifs is 1. The first-order valence-corrected chi connectivity index (χ1v) is 9.02. The second kappa shape index (κ2) is 7.61. The van der Waals surface area contributed by atoms with Gasteiger partial charge < -0.3 is 15.2 Å². The van der Waals surface area contributed by atoms with Crippen molar-refractivity contribution in [2.45, 2.75) is 52.7 Å². The van der Waals surface area contributed by atoms with Crippen LogP contribution in [0.1, 0.15) is 61.8 Å². The number of amides is 3. The van der Waals surface area contributed by atoms with Gasteiger partial charge in [0.25, 0.3) is 11.8 Å². The molecule has 1 aliphatic heterocycles. The molecule has 0 saturated carbocycles. The Kier molecular flexibility index (Phi) is 5.82. The van der Waals surface area contributed by atoms with Crippen LogP contribution in [0.15, 0.2) is 24.3 Å². The van der Waals surface area contributed by atoms with Gasteiger partial charge in [-0.2, -0.15) is 0 Å². The van der Waals surface area contributed by atoms with E-state index < -0.39 is 40.9 Å². The summed E-state index contributed by atoms with van der Waals surface area (Å²) in [6.07, 6.45) is -0.396. The van der Waals surface area contributed by atoms with E-state index in [1.165, 1.54) is 12.1 Å². The molecule has 1 atom stereocenters. The average Bonchev–Trinajstić information content (AvgIpc) is 2.78. The molecule has 8 heteroatoms. The van der Waals surface area contributed by atoms with E-state index in [9.17, 15) is 24.3 Å². The highest BCUT2D eigenvalue weighted by Gasteiger charge is 2.49. The molecule has 8 nitrogen and oxygen atoms in total. The predicted octanol–water partition coefficient (Wildman–Crippen LogP) is 2.68. The van der Waals surface area contributed by atoms with Crippen molar-refractivity contribution in [1.29, 1.82) is 0 Å². The van der Waals surface area contributed by atoms with Crippen LogP contribution >= 0.6 is 0 Å². The molecule has 152 valence electrons. The van der Waals surface area contributed by atoms with Crippen molar-refractivity contribution in [3.8, 4) is 0 Å². The molecule has 0 radical (unpaired) electrons. The van der Waals surface area contributed by atoms with Crippen molar-refractivity contribution in [3.63, 3.8) is 0 Å². The molecular formula is C20H26N2O6. The third kappa shape index (κ3) is 4.49. The monoisotopic (exact) mass is 390 g/mol. The molecule has 2 rings (SSSR count). The van der Waals surface area contributed by atoms with E-state index in [1.807, 2.05) is 0 Å². The lowest BCUT2D eigenvalue weighted by Gasteiger charge is -2.36. The summed E-state index contributed by atoms with van der Waals surface area (Å²) in [4.78, 5) is 50.0. The Morgan fingerprint density at radius 1 is 1.07 bits per heavy atom. The minimum absolute atomic E-state index is 0.134. The molecule has 1 aromatic rings. The zero-order valence-electron chi connectivity index (χ0n) is 16.7. The predicted molar refractivity (Wildman–Crippen MR) is 101 cm³/mol. The van der Waals surface area contributed by atoms with Gasteiger partial charge in [0.2, 0.25) is 0 Å². The van der Waals surface area contributed by atoms with Crippen LogP contribution < -0.4 is 5.32 Å². The van der Waals surface area contributed by atoms with Crippen molar-refractivity contribution < 1.29 is 29.0 Å². The summed E-state index contributed by atoms with van der Waals surface area (Å²) < 4.78 is 5.15. The fraction of sp³-hybridized carbons (Fsp3) is 0.500. The lowest BCUT2D eigenvalue weighted by Crippen LogP contribution is -2.53. The van der Waals surface area contributed by atoms with E-state index in [4.69, 9.17) is 4.74 Å². The van der Waals surface area contributed by atoms with Gasteiger partial charge in [0.15, 0.2) is 0 Å². The maximum Gasteiger partial charge on any atom is 0.407 e. The standard InChI is InChI=1S/C20H26N2O6/c1-19(2,3)28-18(27)21-11-10-20(4,5)14(17(25)26)22-15(23)12-8-6-7-9-13(12)16(22)24/h6-9,14H,10-11H2,1-5H3,(H,21,27)(H,25,26)/t14-/m0/s1. The number of alkyl carbamates (subject to hydrolysis) is 1.